The van der Waals surface area contributed by atoms with Crippen LogP contribution in [0.15, 0.2) is 6.33 Å². The van der Waals surface area contributed by atoms with E-state index in [1.807, 2.05) is 4.68 Å². The largest absolute Gasteiger partial charge is 0.311 e. The molecule has 0 amide bonds. The van der Waals surface area contributed by atoms with Gasteiger partial charge in [-0.05, 0) is 19.3 Å². The van der Waals surface area contributed by atoms with Gasteiger partial charge in [0.05, 0.1) is 6.54 Å². The van der Waals surface area contributed by atoms with Crippen LogP contribution in [-0.2, 0) is 13.1 Å². The zero-order chi connectivity index (χ0) is 13.8. The van der Waals surface area contributed by atoms with E-state index in [-0.39, 0.29) is 0 Å². The lowest BCUT2D eigenvalue weighted by molar-refractivity contribution is 0.0860. The summed E-state index contributed by atoms with van der Waals surface area (Å²) in [5.41, 5.74) is 0. The normalized spacial score (nSPS) is 25.1. The van der Waals surface area contributed by atoms with Gasteiger partial charge >= 0.3 is 0 Å². The van der Waals surface area contributed by atoms with Crippen LogP contribution in [0.5, 0.6) is 0 Å². The van der Waals surface area contributed by atoms with Gasteiger partial charge < -0.3 is 5.32 Å². The van der Waals surface area contributed by atoms with Gasteiger partial charge in [-0.1, -0.05) is 20.8 Å². The van der Waals surface area contributed by atoms with Crippen LogP contribution in [0.2, 0.25) is 0 Å². The molecule has 0 aromatic carbocycles. The van der Waals surface area contributed by atoms with E-state index in [1.165, 1.54) is 6.42 Å². The first-order chi connectivity index (χ1) is 9.15. The smallest absolute Gasteiger partial charge is 0.141 e. The molecule has 5 nitrogen and oxygen atoms in total. The average Bonchev–Trinajstić information content (AvgIpc) is 2.85. The molecule has 0 aliphatic carbocycles. The monoisotopic (exact) mass is 265 g/mol. The molecular weight excluding hydrogens is 238 g/mol. The fourth-order valence-corrected chi connectivity index (χ4v) is 2.87. The number of aryl methyl sites for hydroxylation is 1. The fourth-order valence-electron chi connectivity index (χ4n) is 2.87. The SMILES string of the molecule is CCC1CN(Cc2ncnn2CC)C(C(C)C)CN1. The van der Waals surface area contributed by atoms with Gasteiger partial charge in [-0.15, -0.1) is 0 Å². The quantitative estimate of drug-likeness (QED) is 0.876. The van der Waals surface area contributed by atoms with Crippen molar-refractivity contribution in [3.8, 4) is 0 Å². The van der Waals surface area contributed by atoms with Crippen molar-refractivity contribution in [2.24, 2.45) is 5.92 Å². The van der Waals surface area contributed by atoms with E-state index >= 15 is 0 Å². The Morgan fingerprint density at radius 1 is 1.42 bits per heavy atom. The van der Waals surface area contributed by atoms with Crippen molar-refractivity contribution in [3.05, 3.63) is 12.2 Å². The van der Waals surface area contributed by atoms with Crippen molar-refractivity contribution in [1.29, 1.82) is 0 Å². The van der Waals surface area contributed by atoms with E-state index in [1.54, 1.807) is 6.33 Å². The molecule has 1 fully saturated rings. The number of piperazine rings is 1. The number of nitrogens with one attached hydrogen (secondary N) is 1. The molecule has 2 atom stereocenters. The van der Waals surface area contributed by atoms with Crippen molar-refractivity contribution in [2.75, 3.05) is 13.1 Å². The van der Waals surface area contributed by atoms with Crippen LogP contribution in [0, 0.1) is 5.92 Å². The van der Waals surface area contributed by atoms with E-state index in [4.69, 9.17) is 0 Å². The molecule has 2 rings (SSSR count). The summed E-state index contributed by atoms with van der Waals surface area (Å²) >= 11 is 0. The minimum Gasteiger partial charge on any atom is -0.311 e. The van der Waals surface area contributed by atoms with Gasteiger partial charge in [0.1, 0.15) is 12.2 Å². The van der Waals surface area contributed by atoms with Gasteiger partial charge in [0.25, 0.3) is 0 Å². The summed E-state index contributed by atoms with van der Waals surface area (Å²) in [4.78, 5) is 6.99. The van der Waals surface area contributed by atoms with Crippen molar-refractivity contribution >= 4 is 0 Å². The molecule has 108 valence electrons. The molecule has 2 unspecified atom stereocenters. The molecule has 0 saturated carbocycles. The van der Waals surface area contributed by atoms with Crippen LogP contribution >= 0.6 is 0 Å². The van der Waals surface area contributed by atoms with E-state index in [9.17, 15) is 0 Å². The molecule has 1 aromatic heterocycles. The number of hydrogen-bond donors (Lipinski definition) is 1. The van der Waals surface area contributed by atoms with Crippen molar-refractivity contribution < 1.29 is 0 Å². The average molecular weight is 265 g/mol. The lowest BCUT2D eigenvalue weighted by Crippen LogP contribution is -2.57. The summed E-state index contributed by atoms with van der Waals surface area (Å²) in [5.74, 6) is 1.74. The van der Waals surface area contributed by atoms with Gasteiger partial charge in [-0.25, -0.2) is 9.67 Å². The van der Waals surface area contributed by atoms with E-state index < -0.39 is 0 Å². The zero-order valence-corrected chi connectivity index (χ0v) is 12.6. The Balaban J connectivity index is 2.09. The predicted molar refractivity (Wildman–Crippen MR) is 76.8 cm³/mol. The Morgan fingerprint density at radius 2 is 2.21 bits per heavy atom. The molecular formula is C14H27N5. The summed E-state index contributed by atoms with van der Waals surface area (Å²) in [6.45, 7) is 13.0. The molecule has 1 aliphatic rings. The molecule has 1 N–H and O–H groups in total. The van der Waals surface area contributed by atoms with Crippen LogP contribution in [0.3, 0.4) is 0 Å². The molecule has 0 bridgehead atoms. The summed E-state index contributed by atoms with van der Waals surface area (Å²) in [6.07, 6.45) is 2.85. The first-order valence-electron chi connectivity index (χ1n) is 7.49. The number of rotatable bonds is 5. The zero-order valence-electron chi connectivity index (χ0n) is 12.6. The summed E-state index contributed by atoms with van der Waals surface area (Å²) in [7, 11) is 0. The Labute approximate surface area is 116 Å². The Morgan fingerprint density at radius 3 is 2.84 bits per heavy atom. The molecule has 1 aromatic rings. The first kappa shape index (κ1) is 14.5. The summed E-state index contributed by atoms with van der Waals surface area (Å²) in [5, 5.41) is 7.93. The van der Waals surface area contributed by atoms with Gasteiger partial charge in [-0.3, -0.25) is 4.90 Å². The lowest BCUT2D eigenvalue weighted by atomic mass is 9.97. The molecule has 0 radical (unpaired) electrons. The highest BCUT2D eigenvalue weighted by Gasteiger charge is 2.29. The van der Waals surface area contributed by atoms with Crippen molar-refractivity contribution in [2.45, 2.75) is 59.3 Å². The Kier molecular flexibility index (Phi) is 4.93. The van der Waals surface area contributed by atoms with E-state index in [0.29, 0.717) is 18.0 Å². The second-order valence-corrected chi connectivity index (χ2v) is 5.75. The van der Waals surface area contributed by atoms with Crippen LogP contribution < -0.4 is 5.32 Å². The standard InChI is InChI=1S/C14H27N5/c1-5-12-8-18(13(7-15-12)11(3)4)9-14-16-10-17-19(14)6-2/h10-13,15H,5-9H2,1-4H3. The number of hydrogen-bond acceptors (Lipinski definition) is 4. The molecule has 2 heterocycles. The predicted octanol–water partition coefficient (Wildman–Crippen LogP) is 1.51. The van der Waals surface area contributed by atoms with Crippen LogP contribution in [-0.4, -0.2) is 44.8 Å². The van der Waals surface area contributed by atoms with Crippen molar-refractivity contribution in [3.63, 3.8) is 0 Å². The topological polar surface area (TPSA) is 46.0 Å². The van der Waals surface area contributed by atoms with Crippen LogP contribution in [0.1, 0.15) is 39.9 Å². The highest BCUT2D eigenvalue weighted by molar-refractivity contribution is 4.92. The van der Waals surface area contributed by atoms with Crippen molar-refractivity contribution in [1.82, 2.24) is 25.0 Å². The fraction of sp³-hybridized carbons (Fsp3) is 0.857. The van der Waals surface area contributed by atoms with Gasteiger partial charge in [0.15, 0.2) is 0 Å². The molecule has 1 saturated heterocycles. The Bertz CT molecular complexity index is 387. The number of nitrogens with zero attached hydrogens (tertiary/aromatic N) is 4. The van der Waals surface area contributed by atoms with Crippen LogP contribution in [0.4, 0.5) is 0 Å². The summed E-state index contributed by atoms with van der Waals surface area (Å²) in [6, 6.07) is 1.19. The molecule has 1 aliphatic heterocycles. The van der Waals surface area contributed by atoms with Gasteiger partial charge in [-0.2, -0.15) is 5.10 Å². The molecule has 5 heteroatoms. The van der Waals surface area contributed by atoms with Crippen LogP contribution in [0.25, 0.3) is 0 Å². The highest BCUT2D eigenvalue weighted by Crippen LogP contribution is 2.18. The van der Waals surface area contributed by atoms with E-state index in [2.05, 4.69) is 48.0 Å². The maximum absolute atomic E-state index is 4.42. The second-order valence-electron chi connectivity index (χ2n) is 5.75. The summed E-state index contributed by atoms with van der Waals surface area (Å²) < 4.78 is 2.00. The second kappa shape index (κ2) is 6.48. The minimum absolute atomic E-state index is 0.588. The third-order valence-electron chi connectivity index (χ3n) is 4.14. The highest BCUT2D eigenvalue weighted by atomic mass is 15.4. The third kappa shape index (κ3) is 3.34. The maximum Gasteiger partial charge on any atom is 0.141 e. The Hall–Kier alpha value is -0.940. The first-order valence-corrected chi connectivity index (χ1v) is 7.49. The van der Waals surface area contributed by atoms with E-state index in [0.717, 1.165) is 32.0 Å². The lowest BCUT2D eigenvalue weighted by Gasteiger charge is -2.42. The van der Waals surface area contributed by atoms with Gasteiger partial charge in [0.2, 0.25) is 0 Å². The third-order valence-corrected chi connectivity index (χ3v) is 4.14. The molecule has 19 heavy (non-hydrogen) atoms. The molecule has 0 spiro atoms. The minimum atomic E-state index is 0.588. The number of aromatic nitrogens is 3. The van der Waals surface area contributed by atoms with Gasteiger partial charge in [0, 0.05) is 31.7 Å². The maximum atomic E-state index is 4.42.